The highest BCUT2D eigenvalue weighted by Gasteiger charge is 2.30. The molecule has 2 heterocycles. The lowest BCUT2D eigenvalue weighted by Crippen LogP contribution is -2.46. The summed E-state index contributed by atoms with van der Waals surface area (Å²) >= 11 is 3.22. The van der Waals surface area contributed by atoms with Gasteiger partial charge in [-0.3, -0.25) is 4.90 Å². The Morgan fingerprint density at radius 1 is 1.26 bits per heavy atom. The average Bonchev–Trinajstić information content (AvgIpc) is 2.30. The van der Waals surface area contributed by atoms with Crippen LogP contribution in [-0.4, -0.2) is 42.5 Å². The molecular weight excluding hydrogens is 363 g/mol. The number of nitrogens with zero attached hydrogens (tertiary/aromatic N) is 2. The van der Waals surface area contributed by atoms with Crippen molar-refractivity contribution in [3.63, 3.8) is 0 Å². The van der Waals surface area contributed by atoms with Crippen molar-refractivity contribution in [2.24, 2.45) is 0 Å². The Kier molecular flexibility index (Phi) is 9.02. The summed E-state index contributed by atoms with van der Waals surface area (Å²) in [6.45, 7) is 2.81. The van der Waals surface area contributed by atoms with Crippen molar-refractivity contribution in [3.8, 4) is 0 Å². The van der Waals surface area contributed by atoms with Crippen molar-refractivity contribution in [3.05, 3.63) is 28.5 Å². The van der Waals surface area contributed by atoms with E-state index in [0.29, 0.717) is 23.3 Å². The molecule has 1 aromatic rings. The van der Waals surface area contributed by atoms with Crippen LogP contribution in [0.3, 0.4) is 0 Å². The summed E-state index contributed by atoms with van der Waals surface area (Å²) in [6.07, 6.45) is -0.834. The maximum atomic E-state index is 13.2. The molecule has 110 valence electrons. The third-order valence-corrected chi connectivity index (χ3v) is 3.31. The molecule has 0 bridgehead atoms. The Morgan fingerprint density at radius 2 is 1.89 bits per heavy atom. The fourth-order valence-electron chi connectivity index (χ4n) is 2.08. The van der Waals surface area contributed by atoms with Crippen molar-refractivity contribution in [1.82, 2.24) is 15.2 Å². The molecule has 1 atom stereocenters. The largest absolute Gasteiger partial charge is 0.314 e. The lowest BCUT2D eigenvalue weighted by molar-refractivity contribution is 0.0181. The minimum Gasteiger partial charge on any atom is -0.314 e. The average molecular weight is 379 g/mol. The van der Waals surface area contributed by atoms with Gasteiger partial charge in [-0.1, -0.05) is 0 Å². The number of hydrogen-bond donors (Lipinski definition) is 1. The van der Waals surface area contributed by atoms with E-state index in [1.54, 1.807) is 18.3 Å². The van der Waals surface area contributed by atoms with Gasteiger partial charge in [0.15, 0.2) is 0 Å². The molecule has 0 aliphatic carbocycles. The molecule has 1 N–H and O–H groups in total. The Hall–Kier alpha value is -0.0100. The molecule has 1 aromatic heterocycles. The fourth-order valence-corrected chi connectivity index (χ4v) is 2.46. The van der Waals surface area contributed by atoms with E-state index in [0.717, 1.165) is 13.1 Å². The van der Waals surface area contributed by atoms with Crippen LogP contribution in [0, 0.1) is 0 Å². The molecule has 19 heavy (non-hydrogen) atoms. The van der Waals surface area contributed by atoms with Gasteiger partial charge in [0.25, 0.3) is 6.43 Å². The second-order valence-electron chi connectivity index (χ2n) is 3.98. The quantitative estimate of drug-likeness (QED) is 0.819. The Morgan fingerprint density at radius 3 is 2.42 bits per heavy atom. The summed E-state index contributed by atoms with van der Waals surface area (Å²) in [5.41, 5.74) is 0.615. The highest BCUT2D eigenvalue weighted by atomic mass is 79.9. The Bertz CT molecular complexity index is 379. The van der Waals surface area contributed by atoms with Crippen LogP contribution in [0.25, 0.3) is 0 Å². The third-order valence-electron chi connectivity index (χ3n) is 2.88. The second-order valence-corrected chi connectivity index (χ2v) is 4.79. The number of halogens is 5. The highest BCUT2D eigenvalue weighted by molar-refractivity contribution is 9.10. The predicted octanol–water partition coefficient (Wildman–Crippen LogP) is 2.90. The first-order valence-electron chi connectivity index (χ1n) is 5.53. The molecule has 1 fully saturated rings. The molecule has 0 radical (unpaired) electrons. The van der Waals surface area contributed by atoms with Gasteiger partial charge in [0, 0.05) is 32.4 Å². The van der Waals surface area contributed by atoms with Crippen LogP contribution in [0.5, 0.6) is 0 Å². The van der Waals surface area contributed by atoms with E-state index in [-0.39, 0.29) is 24.8 Å². The first kappa shape index (κ1) is 19.0. The maximum absolute atomic E-state index is 13.2. The number of pyridine rings is 1. The summed E-state index contributed by atoms with van der Waals surface area (Å²) in [7, 11) is 0. The molecule has 0 saturated carbocycles. The predicted molar refractivity (Wildman–Crippen MR) is 79.6 cm³/mol. The van der Waals surface area contributed by atoms with Crippen LogP contribution in [-0.2, 0) is 0 Å². The molecule has 1 aliphatic rings. The lowest BCUT2D eigenvalue weighted by Gasteiger charge is -2.34. The van der Waals surface area contributed by atoms with Crippen molar-refractivity contribution in [1.29, 1.82) is 0 Å². The molecule has 3 nitrogen and oxygen atoms in total. The van der Waals surface area contributed by atoms with Gasteiger partial charge in [-0.15, -0.1) is 24.8 Å². The van der Waals surface area contributed by atoms with Gasteiger partial charge in [-0.2, -0.15) is 0 Å². The Balaban J connectivity index is 0.00000162. The van der Waals surface area contributed by atoms with E-state index in [1.165, 1.54) is 0 Å². The van der Waals surface area contributed by atoms with E-state index in [4.69, 9.17) is 0 Å². The third kappa shape index (κ3) is 5.11. The number of hydrogen-bond acceptors (Lipinski definition) is 3. The summed E-state index contributed by atoms with van der Waals surface area (Å²) in [4.78, 5) is 5.79. The standard InChI is InChI=1S/C11H14BrF2N3.2ClH/c12-9-7-8(1-2-16-9)10(11(13)14)17-5-3-15-4-6-17;;/h1-2,7,10-11,15H,3-6H2;2*1H/t10-;;/m0../s1. The van der Waals surface area contributed by atoms with Gasteiger partial charge < -0.3 is 5.32 Å². The zero-order valence-corrected chi connectivity index (χ0v) is 13.3. The Labute approximate surface area is 132 Å². The van der Waals surface area contributed by atoms with E-state index in [9.17, 15) is 8.78 Å². The topological polar surface area (TPSA) is 28.2 Å². The van der Waals surface area contributed by atoms with Gasteiger partial charge in [-0.25, -0.2) is 13.8 Å². The van der Waals surface area contributed by atoms with E-state index in [1.807, 2.05) is 4.90 Å². The minimum atomic E-state index is -2.39. The zero-order valence-electron chi connectivity index (χ0n) is 10.1. The van der Waals surface area contributed by atoms with E-state index >= 15 is 0 Å². The number of rotatable bonds is 3. The second kappa shape index (κ2) is 9.02. The van der Waals surface area contributed by atoms with E-state index < -0.39 is 12.5 Å². The summed E-state index contributed by atoms with van der Waals surface area (Å²) in [6, 6.07) is 2.49. The molecule has 0 spiro atoms. The van der Waals surface area contributed by atoms with Crippen LogP contribution >= 0.6 is 40.7 Å². The van der Waals surface area contributed by atoms with Crippen molar-refractivity contribution < 1.29 is 8.78 Å². The van der Waals surface area contributed by atoms with Crippen molar-refractivity contribution in [2.75, 3.05) is 26.2 Å². The number of alkyl halides is 2. The van der Waals surface area contributed by atoms with Crippen LogP contribution in [0.1, 0.15) is 11.6 Å². The highest BCUT2D eigenvalue weighted by Crippen LogP contribution is 2.28. The van der Waals surface area contributed by atoms with Gasteiger partial charge in [0.2, 0.25) is 0 Å². The normalized spacial score (nSPS) is 17.5. The van der Waals surface area contributed by atoms with Gasteiger partial charge in [-0.05, 0) is 33.6 Å². The first-order valence-corrected chi connectivity index (χ1v) is 6.32. The lowest BCUT2D eigenvalue weighted by atomic mass is 10.1. The molecule has 8 heteroatoms. The smallest absolute Gasteiger partial charge is 0.258 e. The summed E-state index contributed by atoms with van der Waals surface area (Å²) in [5, 5.41) is 3.16. The number of piperazine rings is 1. The molecular formula is C11H16BrCl2F2N3. The van der Waals surface area contributed by atoms with Crippen LogP contribution < -0.4 is 5.32 Å². The van der Waals surface area contributed by atoms with E-state index in [2.05, 4.69) is 26.2 Å². The molecule has 0 unspecified atom stereocenters. The first-order chi connectivity index (χ1) is 8.18. The number of aromatic nitrogens is 1. The fraction of sp³-hybridized carbons (Fsp3) is 0.545. The SMILES string of the molecule is Cl.Cl.FC(F)[C@H](c1ccnc(Br)c1)N1CCNCC1. The van der Waals surface area contributed by atoms with Crippen LogP contribution in [0.15, 0.2) is 22.9 Å². The van der Waals surface area contributed by atoms with Crippen LogP contribution in [0.4, 0.5) is 8.78 Å². The summed E-state index contributed by atoms with van der Waals surface area (Å²) < 4.78 is 27.0. The molecule has 0 amide bonds. The minimum absolute atomic E-state index is 0. The monoisotopic (exact) mass is 377 g/mol. The molecule has 1 aliphatic heterocycles. The molecule has 1 saturated heterocycles. The van der Waals surface area contributed by atoms with Crippen LogP contribution in [0.2, 0.25) is 0 Å². The molecule has 2 rings (SSSR count). The molecule has 0 aromatic carbocycles. The zero-order chi connectivity index (χ0) is 12.3. The van der Waals surface area contributed by atoms with Gasteiger partial charge >= 0.3 is 0 Å². The number of nitrogens with one attached hydrogen (secondary N) is 1. The van der Waals surface area contributed by atoms with Crippen molar-refractivity contribution in [2.45, 2.75) is 12.5 Å². The van der Waals surface area contributed by atoms with Gasteiger partial charge in [0.05, 0.1) is 6.04 Å². The maximum Gasteiger partial charge on any atom is 0.258 e. The van der Waals surface area contributed by atoms with Gasteiger partial charge in [0.1, 0.15) is 4.60 Å². The summed E-state index contributed by atoms with van der Waals surface area (Å²) in [5.74, 6) is 0. The van der Waals surface area contributed by atoms with Crippen molar-refractivity contribution >= 4 is 40.7 Å².